The van der Waals surface area contributed by atoms with E-state index < -0.39 is 7.82 Å². The molecule has 0 aliphatic carbocycles. The van der Waals surface area contributed by atoms with Gasteiger partial charge in [-0.1, -0.05) is 117 Å². The van der Waals surface area contributed by atoms with E-state index in [0.717, 1.165) is 22.3 Å². The average Bonchev–Trinajstić information content (AvgIpc) is 2.73. The summed E-state index contributed by atoms with van der Waals surface area (Å²) in [4.78, 5) is 11.1. The van der Waals surface area contributed by atoms with Crippen LogP contribution >= 0.6 is 7.82 Å². The zero-order valence-electron chi connectivity index (χ0n) is 24.4. The van der Waals surface area contributed by atoms with E-state index in [-0.39, 0.29) is 21.7 Å². The minimum atomic E-state index is -4.21. The Bertz CT molecular complexity index is 1010. The van der Waals surface area contributed by atoms with Gasteiger partial charge in [0.05, 0.1) is 0 Å². The number of hydrogen-bond donors (Lipinski definition) is 0. The van der Waals surface area contributed by atoms with Crippen molar-refractivity contribution < 1.29 is 28.2 Å². The molecule has 202 valence electrons. The van der Waals surface area contributed by atoms with Crippen LogP contribution in [0.1, 0.15) is 105 Å². The van der Waals surface area contributed by atoms with Crippen LogP contribution in [0.2, 0.25) is 0 Å². The Labute approximate surface area is 218 Å². The Morgan fingerprint density at radius 3 is 1.14 bits per heavy atom. The first-order valence-corrected chi connectivity index (χ1v) is 13.8. The molecule has 0 saturated heterocycles. The molecule has 0 fully saturated rings. The Morgan fingerprint density at radius 1 is 0.556 bits per heavy atom. The van der Waals surface area contributed by atoms with Crippen molar-refractivity contribution in [2.45, 2.75) is 105 Å². The summed E-state index contributed by atoms with van der Waals surface area (Å²) in [5.74, 6) is 0.863. The maximum Gasteiger partial charge on any atom is 0.546 e. The van der Waals surface area contributed by atoms with E-state index in [1.165, 1.54) is 7.11 Å². The fraction of sp³-hybridized carbons (Fsp3) is 0.586. The standard InChI is InChI=1S/C29H45O6P/c1-26(2,3)20-14-16-24(22(18-20)28(7,8)9)32-34-36(30,31-13)35-33-25-17-15-21(27(4,5)6)19-23(25)29(10,11)12/h14-19H,1-13H3. The average molecular weight is 521 g/mol. The summed E-state index contributed by atoms with van der Waals surface area (Å²) >= 11 is 0. The smallest absolute Gasteiger partial charge is 0.327 e. The Kier molecular flexibility index (Phi) is 8.85. The Balaban J connectivity index is 2.29. The van der Waals surface area contributed by atoms with E-state index in [9.17, 15) is 4.57 Å². The second-order valence-electron chi connectivity index (χ2n) is 13.4. The highest BCUT2D eigenvalue weighted by Crippen LogP contribution is 2.50. The van der Waals surface area contributed by atoms with E-state index >= 15 is 0 Å². The van der Waals surface area contributed by atoms with Gasteiger partial charge in [-0.05, 0) is 44.9 Å². The summed E-state index contributed by atoms with van der Waals surface area (Å²) in [7, 11) is -2.99. The highest BCUT2D eigenvalue weighted by atomic mass is 31.2. The van der Waals surface area contributed by atoms with E-state index in [1.54, 1.807) is 0 Å². The molecular formula is C29H45O6P. The van der Waals surface area contributed by atoms with Crippen molar-refractivity contribution in [1.82, 2.24) is 0 Å². The second kappa shape index (κ2) is 10.5. The van der Waals surface area contributed by atoms with Crippen LogP contribution in [0.3, 0.4) is 0 Å². The molecule has 0 aromatic heterocycles. The van der Waals surface area contributed by atoms with E-state index in [0.29, 0.717) is 11.5 Å². The number of benzene rings is 2. The van der Waals surface area contributed by atoms with Gasteiger partial charge in [-0.3, -0.25) is 4.52 Å². The molecule has 0 aliphatic heterocycles. The second-order valence-corrected chi connectivity index (χ2v) is 14.9. The van der Waals surface area contributed by atoms with Crippen molar-refractivity contribution in [3.63, 3.8) is 0 Å². The maximum absolute atomic E-state index is 13.2. The van der Waals surface area contributed by atoms with Gasteiger partial charge in [0.1, 0.15) is 0 Å². The molecule has 0 amide bonds. The van der Waals surface area contributed by atoms with Crippen LogP contribution in [0, 0.1) is 0 Å². The lowest BCUT2D eigenvalue weighted by Crippen LogP contribution is -2.18. The van der Waals surface area contributed by atoms with Gasteiger partial charge in [-0.25, -0.2) is 4.57 Å². The number of phosphoric acid groups is 1. The van der Waals surface area contributed by atoms with Crippen LogP contribution < -0.4 is 9.78 Å². The quantitative estimate of drug-likeness (QED) is 0.206. The molecule has 2 aromatic carbocycles. The van der Waals surface area contributed by atoms with Crippen molar-refractivity contribution in [3.05, 3.63) is 58.7 Å². The third-order valence-corrected chi connectivity index (χ3v) is 6.93. The van der Waals surface area contributed by atoms with Crippen LogP contribution in [0.5, 0.6) is 11.5 Å². The first-order valence-electron chi connectivity index (χ1n) is 12.4. The summed E-state index contributed by atoms with van der Waals surface area (Å²) < 4.78 is 28.7. The van der Waals surface area contributed by atoms with Crippen molar-refractivity contribution in [2.24, 2.45) is 0 Å². The molecular weight excluding hydrogens is 475 g/mol. The molecule has 0 bridgehead atoms. The fourth-order valence-corrected chi connectivity index (χ4v) is 4.05. The van der Waals surface area contributed by atoms with Gasteiger partial charge >= 0.3 is 7.82 Å². The molecule has 0 heterocycles. The van der Waals surface area contributed by atoms with Gasteiger partial charge in [-0.2, -0.15) is 0 Å². The van der Waals surface area contributed by atoms with Crippen molar-refractivity contribution >= 4 is 7.82 Å². The molecule has 36 heavy (non-hydrogen) atoms. The Hall–Kier alpha value is -1.85. The zero-order chi connectivity index (χ0) is 27.7. The van der Waals surface area contributed by atoms with E-state index in [2.05, 4.69) is 95.2 Å². The summed E-state index contributed by atoms with van der Waals surface area (Å²) in [5, 5.41) is 0. The molecule has 6 nitrogen and oxygen atoms in total. The highest BCUT2D eigenvalue weighted by molar-refractivity contribution is 7.48. The van der Waals surface area contributed by atoms with Gasteiger partial charge in [0.25, 0.3) is 0 Å². The largest absolute Gasteiger partial charge is 0.546 e. The molecule has 7 heteroatoms. The van der Waals surface area contributed by atoms with Crippen molar-refractivity contribution in [1.29, 1.82) is 0 Å². The topological polar surface area (TPSA) is 63.2 Å². The van der Waals surface area contributed by atoms with Crippen LogP contribution in [-0.4, -0.2) is 7.11 Å². The molecule has 0 N–H and O–H groups in total. The predicted octanol–water partition coefficient (Wildman–Crippen LogP) is 8.95. The minimum absolute atomic E-state index is 0.0362. The van der Waals surface area contributed by atoms with Crippen LogP contribution in [0.4, 0.5) is 0 Å². The van der Waals surface area contributed by atoms with Gasteiger partial charge in [0, 0.05) is 18.2 Å². The third kappa shape index (κ3) is 7.82. The normalized spacial score (nSPS) is 13.6. The minimum Gasteiger partial charge on any atom is -0.327 e. The first-order chi connectivity index (χ1) is 16.2. The molecule has 0 spiro atoms. The van der Waals surface area contributed by atoms with Crippen LogP contribution in [0.15, 0.2) is 36.4 Å². The van der Waals surface area contributed by atoms with Crippen molar-refractivity contribution in [3.8, 4) is 11.5 Å². The SMILES string of the molecule is COP(=O)(OOc1ccc(C(C)(C)C)cc1C(C)(C)C)OOc1ccc(C(C)(C)C)cc1C(C)(C)C. The molecule has 0 radical (unpaired) electrons. The molecule has 0 atom stereocenters. The molecule has 0 aliphatic rings. The van der Waals surface area contributed by atoms with Gasteiger partial charge in [0.15, 0.2) is 11.5 Å². The highest BCUT2D eigenvalue weighted by Gasteiger charge is 2.33. The summed E-state index contributed by atoms with van der Waals surface area (Å²) in [6, 6.07) is 11.7. The van der Waals surface area contributed by atoms with E-state index in [4.69, 9.17) is 23.6 Å². The molecule has 2 rings (SSSR count). The monoisotopic (exact) mass is 520 g/mol. The zero-order valence-corrected chi connectivity index (χ0v) is 25.3. The molecule has 0 saturated carbocycles. The number of hydrogen-bond acceptors (Lipinski definition) is 6. The third-order valence-electron chi connectivity index (χ3n) is 5.97. The lowest BCUT2D eigenvalue weighted by molar-refractivity contribution is -0.191. The predicted molar refractivity (Wildman–Crippen MR) is 146 cm³/mol. The van der Waals surface area contributed by atoms with Crippen LogP contribution in [0.25, 0.3) is 0 Å². The Morgan fingerprint density at radius 2 is 0.889 bits per heavy atom. The molecule has 2 aromatic rings. The molecule has 0 unspecified atom stereocenters. The van der Waals surface area contributed by atoms with E-state index in [1.807, 2.05) is 24.3 Å². The van der Waals surface area contributed by atoms with Gasteiger partial charge < -0.3 is 9.78 Å². The summed E-state index contributed by atoms with van der Waals surface area (Å²) in [6.45, 7) is 25.3. The summed E-state index contributed by atoms with van der Waals surface area (Å²) in [5.41, 5.74) is 3.56. The lowest BCUT2D eigenvalue weighted by atomic mass is 9.80. The maximum atomic E-state index is 13.2. The lowest BCUT2D eigenvalue weighted by Gasteiger charge is -2.27. The first kappa shape index (κ1) is 30.4. The van der Waals surface area contributed by atoms with Crippen LogP contribution in [-0.2, 0) is 40.1 Å². The number of rotatable bonds is 7. The van der Waals surface area contributed by atoms with Crippen molar-refractivity contribution in [2.75, 3.05) is 7.11 Å². The summed E-state index contributed by atoms with van der Waals surface area (Å²) in [6.07, 6.45) is 0. The van der Waals surface area contributed by atoms with Gasteiger partial charge in [0.2, 0.25) is 0 Å². The van der Waals surface area contributed by atoms with Gasteiger partial charge in [-0.15, -0.1) is 0 Å². The fourth-order valence-electron chi connectivity index (χ4n) is 3.56.